The predicted octanol–water partition coefficient (Wildman–Crippen LogP) is 2.02. The van der Waals surface area contributed by atoms with Crippen molar-refractivity contribution >= 4 is 12.2 Å². The Kier molecular flexibility index (Phi) is 4.10. The predicted molar refractivity (Wildman–Crippen MR) is 68.2 cm³/mol. The quantitative estimate of drug-likeness (QED) is 0.736. The average Bonchev–Trinajstić information content (AvgIpc) is 2.30. The fourth-order valence-electron chi connectivity index (χ4n) is 1.18. The highest BCUT2D eigenvalue weighted by Crippen LogP contribution is 2.24. The molecule has 1 atom stereocenters. The molecule has 0 rings (SSSR count). The highest BCUT2D eigenvalue weighted by molar-refractivity contribution is 5.67. The van der Waals surface area contributed by atoms with Gasteiger partial charge in [-0.3, -0.25) is 0 Å². The Balaban J connectivity index is 5.68. The number of hydrogen-bond donors (Lipinski definition) is 2. The zero-order valence-electron chi connectivity index (χ0n) is 15.9. The normalized spacial score (nSPS) is 19.4. The molecular weight excluding hydrogens is 236 g/mol. The Labute approximate surface area is 115 Å². The van der Waals surface area contributed by atoms with Gasteiger partial charge in [0.05, 0.1) is 2.74 Å². The molecule has 0 aromatic carbocycles. The van der Waals surface area contributed by atoms with Gasteiger partial charge in [-0.2, -0.15) is 0 Å². The highest BCUT2D eigenvalue weighted by atomic mass is 16.6. The first-order chi connectivity index (χ1) is 10.3. The largest absolute Gasteiger partial charge is 0.449 e. The first kappa shape index (κ1) is 9.47. The molecule has 0 radical (unpaired) electrons. The number of nitrogens with two attached hydrogens (primary N) is 1. The summed E-state index contributed by atoms with van der Waals surface area (Å²) >= 11 is 0. The van der Waals surface area contributed by atoms with Crippen LogP contribution in [0.4, 0.5) is 9.59 Å². The van der Waals surface area contributed by atoms with Crippen LogP contribution in [0.3, 0.4) is 0 Å². The van der Waals surface area contributed by atoms with Crippen molar-refractivity contribution in [2.45, 2.75) is 46.5 Å². The summed E-state index contributed by atoms with van der Waals surface area (Å²) in [4.78, 5) is 22.5. The zero-order valence-corrected chi connectivity index (χ0v) is 10.9. The van der Waals surface area contributed by atoms with Crippen LogP contribution in [0.5, 0.6) is 0 Å². The molecule has 6 heteroatoms. The van der Waals surface area contributed by atoms with E-state index in [-0.39, 0.29) is 18.9 Å². The number of nitrogens with one attached hydrogen (secondary N) is 1. The summed E-state index contributed by atoms with van der Waals surface area (Å²) in [5.41, 5.74) is 2.62. The van der Waals surface area contributed by atoms with E-state index < -0.39 is 37.6 Å². The van der Waals surface area contributed by atoms with Crippen molar-refractivity contribution in [2.24, 2.45) is 11.1 Å². The SMILES string of the molecule is [2H]C([2H])([2H])C(CCC)(COC(N)=O)C([2H])([2H])OC(=O)NC(C)C. The zero-order chi connectivity index (χ0) is 18.5. The molecule has 0 aliphatic heterocycles. The van der Waals surface area contributed by atoms with Gasteiger partial charge in [0.2, 0.25) is 0 Å². The Morgan fingerprint density at radius 1 is 1.50 bits per heavy atom. The smallest absolute Gasteiger partial charge is 0.407 e. The molecule has 3 N–H and O–H groups in total. The fraction of sp³-hybridized carbons (Fsp3) is 0.833. The molecule has 0 saturated carbocycles. The van der Waals surface area contributed by atoms with Crippen molar-refractivity contribution in [3.8, 4) is 0 Å². The van der Waals surface area contributed by atoms with E-state index in [1.54, 1.807) is 20.8 Å². The Bertz CT molecular complexity index is 428. The molecule has 1 unspecified atom stereocenters. The Hall–Kier alpha value is -1.46. The Morgan fingerprint density at radius 2 is 2.17 bits per heavy atom. The van der Waals surface area contributed by atoms with Crippen LogP contribution in [-0.2, 0) is 9.47 Å². The molecule has 6 nitrogen and oxygen atoms in total. The maximum atomic E-state index is 11.7. The average molecular weight is 265 g/mol. The van der Waals surface area contributed by atoms with E-state index in [2.05, 4.69) is 10.1 Å². The first-order valence-corrected chi connectivity index (χ1v) is 5.71. The van der Waals surface area contributed by atoms with E-state index in [0.29, 0.717) is 0 Å². The summed E-state index contributed by atoms with van der Waals surface area (Å²) in [6.07, 6.45) is -2.29. The third kappa shape index (κ3) is 7.76. The van der Waals surface area contributed by atoms with E-state index in [1.165, 1.54) is 0 Å². The molecule has 0 aliphatic rings. The summed E-state index contributed by atoms with van der Waals surface area (Å²) < 4.78 is 48.3. The molecule has 0 aromatic heterocycles. The first-order valence-electron chi connectivity index (χ1n) is 8.21. The van der Waals surface area contributed by atoms with Gasteiger partial charge in [0, 0.05) is 15.6 Å². The molecule has 0 aromatic rings. The molecule has 0 bridgehead atoms. The van der Waals surface area contributed by atoms with Crippen molar-refractivity contribution in [2.75, 3.05) is 13.2 Å². The summed E-state index contributed by atoms with van der Waals surface area (Å²) in [6.45, 7) is -1.75. The highest BCUT2D eigenvalue weighted by Gasteiger charge is 2.27. The van der Waals surface area contributed by atoms with Gasteiger partial charge in [-0.25, -0.2) is 9.59 Å². The van der Waals surface area contributed by atoms with Gasteiger partial charge < -0.3 is 20.5 Å². The number of rotatable bonds is 7. The summed E-state index contributed by atoms with van der Waals surface area (Å²) in [5.74, 6) is 0. The third-order valence-electron chi connectivity index (χ3n) is 1.88. The molecule has 0 spiro atoms. The van der Waals surface area contributed by atoms with Crippen molar-refractivity contribution in [3.05, 3.63) is 0 Å². The topological polar surface area (TPSA) is 90.7 Å². The lowest BCUT2D eigenvalue weighted by Gasteiger charge is -2.27. The van der Waals surface area contributed by atoms with Crippen LogP contribution < -0.4 is 11.1 Å². The summed E-state index contributed by atoms with van der Waals surface area (Å²) in [7, 11) is 0. The second-order valence-corrected chi connectivity index (χ2v) is 4.23. The molecule has 0 heterocycles. The van der Waals surface area contributed by atoms with Gasteiger partial charge in [-0.1, -0.05) is 20.2 Å². The number of hydrogen-bond acceptors (Lipinski definition) is 4. The lowest BCUT2D eigenvalue weighted by atomic mass is 9.87. The second kappa shape index (κ2) is 7.79. The number of amides is 2. The minimum absolute atomic E-state index is 0.210. The van der Waals surface area contributed by atoms with Crippen LogP contribution in [0.15, 0.2) is 0 Å². The van der Waals surface area contributed by atoms with E-state index in [1.807, 2.05) is 0 Å². The minimum atomic E-state index is -2.91. The minimum Gasteiger partial charge on any atom is -0.449 e. The van der Waals surface area contributed by atoms with Crippen LogP contribution in [0.2, 0.25) is 0 Å². The molecule has 106 valence electrons. The maximum absolute atomic E-state index is 11.7. The molecular formula is C12H24N2O4. The number of primary amides is 1. The van der Waals surface area contributed by atoms with Crippen molar-refractivity contribution in [1.82, 2.24) is 5.32 Å². The van der Waals surface area contributed by atoms with Gasteiger partial charge in [0.1, 0.15) is 13.2 Å². The lowest BCUT2D eigenvalue weighted by molar-refractivity contribution is 0.0333. The molecule has 2 amide bonds. The third-order valence-corrected chi connectivity index (χ3v) is 1.88. The number of carbonyl (C=O) groups is 2. The summed E-state index contributed by atoms with van der Waals surface area (Å²) in [5, 5.41) is 2.31. The van der Waals surface area contributed by atoms with E-state index >= 15 is 0 Å². The molecule has 0 fully saturated rings. The van der Waals surface area contributed by atoms with Gasteiger partial charge in [-0.05, 0) is 20.3 Å². The monoisotopic (exact) mass is 265 g/mol. The standard InChI is InChI=1S/C12H24N2O4/c1-5-6-12(4,7-17-10(13)15)8-18-11(16)14-9(2)3/h9H,5-8H2,1-4H3,(H2,13,15)(H,14,16)/i4D3,8D2. The Morgan fingerprint density at radius 3 is 2.61 bits per heavy atom. The van der Waals surface area contributed by atoms with Crippen LogP contribution in [0.1, 0.15) is 47.3 Å². The van der Waals surface area contributed by atoms with Gasteiger partial charge in [0.15, 0.2) is 0 Å². The molecule has 18 heavy (non-hydrogen) atoms. The van der Waals surface area contributed by atoms with Gasteiger partial charge in [-0.15, -0.1) is 0 Å². The van der Waals surface area contributed by atoms with E-state index in [4.69, 9.17) is 17.3 Å². The summed E-state index contributed by atoms with van der Waals surface area (Å²) in [6, 6.07) is -0.325. The molecule has 0 aliphatic carbocycles. The van der Waals surface area contributed by atoms with E-state index in [9.17, 15) is 9.59 Å². The fourth-order valence-corrected chi connectivity index (χ4v) is 1.18. The van der Waals surface area contributed by atoms with Gasteiger partial charge >= 0.3 is 12.2 Å². The van der Waals surface area contributed by atoms with Crippen LogP contribution in [0.25, 0.3) is 0 Å². The lowest BCUT2D eigenvalue weighted by Crippen LogP contribution is -2.37. The van der Waals surface area contributed by atoms with E-state index in [0.717, 1.165) is 0 Å². The van der Waals surface area contributed by atoms with Gasteiger partial charge in [0.25, 0.3) is 0 Å². The maximum Gasteiger partial charge on any atom is 0.407 e. The number of alkyl carbamates (subject to hydrolysis) is 1. The van der Waals surface area contributed by atoms with Crippen molar-refractivity contribution in [1.29, 1.82) is 0 Å². The second-order valence-electron chi connectivity index (χ2n) is 4.23. The number of ether oxygens (including phenoxy) is 2. The van der Waals surface area contributed by atoms with Crippen molar-refractivity contribution < 1.29 is 25.9 Å². The van der Waals surface area contributed by atoms with Crippen LogP contribution in [0, 0.1) is 5.41 Å². The number of carbonyl (C=O) groups excluding carboxylic acids is 2. The van der Waals surface area contributed by atoms with Crippen molar-refractivity contribution in [3.63, 3.8) is 0 Å². The molecule has 0 saturated heterocycles. The van der Waals surface area contributed by atoms with Crippen LogP contribution >= 0.6 is 0 Å². The van der Waals surface area contributed by atoms with Crippen LogP contribution in [-0.4, -0.2) is 31.4 Å².